The molecule has 0 unspecified atom stereocenters. The molecule has 6 heteroatoms. The Labute approximate surface area is 181 Å². The molecular weight excluding hydrogens is 378 g/mol. The highest BCUT2D eigenvalue weighted by molar-refractivity contribution is 5.95. The van der Waals surface area contributed by atoms with Crippen LogP contribution in [0.2, 0.25) is 0 Å². The number of nitrogens with zero attached hydrogens (tertiary/aromatic N) is 1. The Morgan fingerprint density at radius 3 is 2.73 bits per heavy atom. The third kappa shape index (κ3) is 5.96. The molecule has 0 aromatic heterocycles. The maximum atomic E-state index is 13.6. The zero-order chi connectivity index (χ0) is 21.5. The molecule has 30 heavy (non-hydrogen) atoms. The van der Waals surface area contributed by atoms with Crippen molar-refractivity contribution in [2.24, 2.45) is 5.92 Å². The van der Waals surface area contributed by atoms with Gasteiger partial charge >= 0.3 is 0 Å². The Morgan fingerprint density at radius 2 is 2.07 bits per heavy atom. The van der Waals surface area contributed by atoms with E-state index < -0.39 is 0 Å². The summed E-state index contributed by atoms with van der Waals surface area (Å²) in [5, 5.41) is 7.16. The minimum absolute atomic E-state index is 0.0968. The van der Waals surface area contributed by atoms with Gasteiger partial charge in [-0.15, -0.1) is 0 Å². The van der Waals surface area contributed by atoms with Gasteiger partial charge in [-0.2, -0.15) is 0 Å². The van der Waals surface area contributed by atoms with Crippen LogP contribution < -0.4 is 15.4 Å². The van der Waals surface area contributed by atoms with E-state index in [1.54, 1.807) is 7.11 Å². The molecular formula is C24H39N3O3. The number of nitrogens with one attached hydrogen (secondary N) is 2. The van der Waals surface area contributed by atoms with Crippen LogP contribution in [-0.4, -0.2) is 68.9 Å². The molecule has 1 saturated carbocycles. The Bertz CT molecular complexity index is 690. The number of ether oxygens (including phenoxy) is 2. The number of amides is 1. The van der Waals surface area contributed by atoms with Crippen molar-refractivity contribution in [1.29, 1.82) is 0 Å². The summed E-state index contributed by atoms with van der Waals surface area (Å²) in [6.45, 7) is 10.4. The molecule has 1 aromatic rings. The van der Waals surface area contributed by atoms with E-state index >= 15 is 0 Å². The van der Waals surface area contributed by atoms with E-state index in [0.29, 0.717) is 30.7 Å². The van der Waals surface area contributed by atoms with Crippen LogP contribution >= 0.6 is 0 Å². The molecule has 1 aromatic carbocycles. The molecule has 0 radical (unpaired) electrons. The maximum Gasteiger partial charge on any atom is 0.254 e. The smallest absolute Gasteiger partial charge is 0.254 e. The average molecular weight is 418 g/mol. The van der Waals surface area contributed by atoms with Gasteiger partial charge in [-0.1, -0.05) is 13.0 Å². The van der Waals surface area contributed by atoms with Gasteiger partial charge in [0.15, 0.2) is 0 Å². The minimum atomic E-state index is 0.0968. The molecule has 1 aliphatic heterocycles. The number of hydrogen-bond donors (Lipinski definition) is 2. The highest BCUT2D eigenvalue weighted by atomic mass is 16.5. The highest BCUT2D eigenvalue weighted by Gasteiger charge is 2.37. The molecule has 6 nitrogen and oxygen atoms in total. The van der Waals surface area contributed by atoms with E-state index in [2.05, 4.69) is 36.3 Å². The standard InChI is InChI=1S/C24H39N3O3/c1-5-18-7-8-19(13-23(18)30-12-6-11-29-4)24(28)27(17(2)3)22-16-25-14-20(22)15-26-21-9-10-21/h7-8,13,17,20-22,25-26H,5-6,9-12,14-16H2,1-4H3/t20-,22+/m0/s1. The fourth-order valence-corrected chi connectivity index (χ4v) is 4.28. The number of aryl methyl sites for hydroxylation is 1. The number of benzene rings is 1. The van der Waals surface area contributed by atoms with E-state index in [1.807, 2.05) is 18.2 Å². The minimum Gasteiger partial charge on any atom is -0.493 e. The summed E-state index contributed by atoms with van der Waals surface area (Å²) < 4.78 is 11.1. The predicted molar refractivity (Wildman–Crippen MR) is 120 cm³/mol. The van der Waals surface area contributed by atoms with Gasteiger partial charge in [0.1, 0.15) is 5.75 Å². The maximum absolute atomic E-state index is 13.6. The fourth-order valence-electron chi connectivity index (χ4n) is 4.28. The lowest BCUT2D eigenvalue weighted by Gasteiger charge is -2.36. The normalized spacial score (nSPS) is 21.2. The van der Waals surface area contributed by atoms with Crippen molar-refractivity contribution in [3.05, 3.63) is 29.3 Å². The second-order valence-corrected chi connectivity index (χ2v) is 8.85. The van der Waals surface area contributed by atoms with E-state index in [1.165, 1.54) is 12.8 Å². The molecule has 1 heterocycles. The number of rotatable bonds is 12. The van der Waals surface area contributed by atoms with Crippen molar-refractivity contribution in [1.82, 2.24) is 15.5 Å². The Morgan fingerprint density at radius 1 is 1.27 bits per heavy atom. The van der Waals surface area contributed by atoms with Crippen molar-refractivity contribution in [3.8, 4) is 5.75 Å². The Balaban J connectivity index is 1.73. The van der Waals surface area contributed by atoms with Crippen molar-refractivity contribution >= 4 is 5.91 Å². The summed E-state index contributed by atoms with van der Waals surface area (Å²) >= 11 is 0. The summed E-state index contributed by atoms with van der Waals surface area (Å²) in [7, 11) is 1.70. The van der Waals surface area contributed by atoms with Gasteiger partial charge in [0.25, 0.3) is 5.91 Å². The van der Waals surface area contributed by atoms with E-state index in [-0.39, 0.29) is 18.0 Å². The van der Waals surface area contributed by atoms with Crippen molar-refractivity contribution < 1.29 is 14.3 Å². The van der Waals surface area contributed by atoms with Gasteiger partial charge in [-0.3, -0.25) is 4.79 Å². The third-order valence-electron chi connectivity index (χ3n) is 6.14. The summed E-state index contributed by atoms with van der Waals surface area (Å²) in [6.07, 6.45) is 4.28. The van der Waals surface area contributed by atoms with Crippen LogP contribution in [0.5, 0.6) is 5.75 Å². The fraction of sp³-hybridized carbons (Fsp3) is 0.708. The molecule has 1 amide bonds. The topological polar surface area (TPSA) is 62.8 Å². The molecule has 2 fully saturated rings. The average Bonchev–Trinajstić information content (AvgIpc) is 3.47. The van der Waals surface area contributed by atoms with Crippen LogP contribution in [0.4, 0.5) is 0 Å². The first-order valence-electron chi connectivity index (χ1n) is 11.6. The summed E-state index contributed by atoms with van der Waals surface area (Å²) in [6, 6.07) is 6.97. The van der Waals surface area contributed by atoms with Crippen molar-refractivity contribution in [2.75, 3.05) is 40.0 Å². The van der Waals surface area contributed by atoms with Gasteiger partial charge in [-0.25, -0.2) is 0 Å². The summed E-state index contributed by atoms with van der Waals surface area (Å²) in [5.41, 5.74) is 1.84. The van der Waals surface area contributed by atoms with Crippen LogP contribution in [0.3, 0.4) is 0 Å². The molecule has 2 aliphatic rings. The first-order chi connectivity index (χ1) is 14.5. The number of carbonyl (C=O) groups is 1. The van der Waals surface area contributed by atoms with Crippen LogP contribution in [0.15, 0.2) is 18.2 Å². The van der Waals surface area contributed by atoms with Gasteiger partial charge in [0.2, 0.25) is 0 Å². The first kappa shape index (κ1) is 23.0. The number of hydrogen-bond acceptors (Lipinski definition) is 5. The summed E-state index contributed by atoms with van der Waals surface area (Å²) in [4.78, 5) is 15.7. The summed E-state index contributed by atoms with van der Waals surface area (Å²) in [5.74, 6) is 1.36. The zero-order valence-corrected chi connectivity index (χ0v) is 19.1. The van der Waals surface area contributed by atoms with Crippen LogP contribution in [-0.2, 0) is 11.2 Å². The largest absolute Gasteiger partial charge is 0.493 e. The molecule has 2 atom stereocenters. The number of methoxy groups -OCH3 is 1. The predicted octanol–water partition coefficient (Wildman–Crippen LogP) is 2.85. The second kappa shape index (κ2) is 11.1. The zero-order valence-electron chi connectivity index (χ0n) is 19.1. The monoisotopic (exact) mass is 417 g/mol. The molecule has 0 bridgehead atoms. The molecule has 168 valence electrons. The van der Waals surface area contributed by atoms with Crippen LogP contribution in [0, 0.1) is 5.92 Å². The van der Waals surface area contributed by atoms with E-state index in [0.717, 1.165) is 43.8 Å². The van der Waals surface area contributed by atoms with Crippen molar-refractivity contribution in [2.45, 2.75) is 64.6 Å². The quantitative estimate of drug-likeness (QED) is 0.512. The van der Waals surface area contributed by atoms with Gasteiger partial charge < -0.3 is 25.0 Å². The SMILES string of the molecule is CCc1ccc(C(=O)N(C(C)C)[C@@H]2CNC[C@H]2CNC2CC2)cc1OCCCOC. The third-order valence-corrected chi connectivity index (χ3v) is 6.14. The van der Waals surface area contributed by atoms with Crippen LogP contribution in [0.1, 0.15) is 56.0 Å². The molecule has 1 saturated heterocycles. The molecule has 1 aliphatic carbocycles. The number of carbonyl (C=O) groups excluding carboxylic acids is 1. The second-order valence-electron chi connectivity index (χ2n) is 8.85. The molecule has 0 spiro atoms. The van der Waals surface area contributed by atoms with Crippen LogP contribution in [0.25, 0.3) is 0 Å². The Kier molecular flexibility index (Phi) is 8.54. The Hall–Kier alpha value is -1.63. The van der Waals surface area contributed by atoms with Crippen molar-refractivity contribution in [3.63, 3.8) is 0 Å². The highest BCUT2D eigenvalue weighted by Crippen LogP contribution is 2.26. The molecule has 2 N–H and O–H groups in total. The van der Waals surface area contributed by atoms with E-state index in [9.17, 15) is 4.79 Å². The molecule has 3 rings (SSSR count). The van der Waals surface area contributed by atoms with Gasteiger partial charge in [-0.05, 0) is 50.8 Å². The lowest BCUT2D eigenvalue weighted by molar-refractivity contribution is 0.0575. The lowest BCUT2D eigenvalue weighted by Crippen LogP contribution is -2.50. The lowest BCUT2D eigenvalue weighted by atomic mass is 9.98. The van der Waals surface area contributed by atoms with E-state index in [4.69, 9.17) is 9.47 Å². The van der Waals surface area contributed by atoms with Gasteiger partial charge in [0, 0.05) is 69.4 Å². The van der Waals surface area contributed by atoms with Gasteiger partial charge in [0.05, 0.1) is 6.61 Å². The first-order valence-corrected chi connectivity index (χ1v) is 11.6.